The van der Waals surface area contributed by atoms with Crippen LogP contribution in [0.25, 0.3) is 116 Å². The zero-order valence-corrected chi connectivity index (χ0v) is 66.3. The molecular formula is C111H83FN6O2. The second kappa shape index (κ2) is 33.3. The summed E-state index contributed by atoms with van der Waals surface area (Å²) < 4.78 is 26.5. The van der Waals surface area contributed by atoms with Crippen molar-refractivity contribution in [1.82, 2.24) is 13.7 Å². The van der Waals surface area contributed by atoms with E-state index in [2.05, 4.69) is 405 Å². The number of aliphatic hydroxyl groups excluding tert-OH is 1. The molecule has 0 spiro atoms. The zero-order chi connectivity index (χ0) is 80.8. The standard InChI is InChI=1S/C38H30N2O2.C37H28N2.C36H25FN2/c1-42-33-24-22-31(23-25-33)39(30-18-14-27(26-41)15-19-30)36-12-7-13-37-38(36)34-10-5-6-11-35(34)40(37)32-20-16-29(17-21-32)28-8-3-2-4-9-28;1-27-12-10-17-32(26-27)38(30-15-6-3-7-16-30)35-20-11-21-36-37(35)33-18-8-9-19-34(33)39(36)31-24-22-29(23-25-31)28-13-4-2-5-14-28;37-28-20-24-30(25-21-28)38(29-12-5-2-6-13-29)34-16-9-17-35-36(34)32-14-7-8-15-33(32)39(35)31-22-18-27(19-23-31)26-10-3-1-4-11-26/h2-25,41H,26H2,1H3;2-26H,1H3;1-25H. The van der Waals surface area contributed by atoms with Crippen molar-refractivity contribution in [2.75, 3.05) is 21.8 Å². The number of halogens is 1. The molecule has 120 heavy (non-hydrogen) atoms. The summed E-state index contributed by atoms with van der Waals surface area (Å²) in [7, 11) is 1.68. The Hall–Kier alpha value is -15.6. The van der Waals surface area contributed by atoms with Crippen LogP contribution >= 0.6 is 0 Å². The van der Waals surface area contributed by atoms with E-state index in [9.17, 15) is 9.50 Å². The first-order valence-corrected chi connectivity index (χ1v) is 40.5. The summed E-state index contributed by atoms with van der Waals surface area (Å²) in [4.78, 5) is 6.86. The van der Waals surface area contributed by atoms with Gasteiger partial charge in [-0.1, -0.05) is 261 Å². The van der Waals surface area contributed by atoms with E-state index in [1.807, 2.05) is 66.7 Å². The number of aryl methyl sites for hydroxylation is 1. The molecule has 1 N–H and O–H groups in total. The van der Waals surface area contributed by atoms with Gasteiger partial charge in [0.05, 0.1) is 63.9 Å². The van der Waals surface area contributed by atoms with Gasteiger partial charge >= 0.3 is 0 Å². The SMILES string of the molecule is COc1ccc(N(c2ccc(CO)cc2)c2cccc3c2c2ccccc2n3-c2ccc(-c3ccccc3)cc2)cc1.Cc1cccc(N(c2ccccc2)c2cccc3c2c2ccccc2n3-c2ccc(-c3ccccc3)cc2)c1.Fc1ccc(N(c2ccccc2)c2cccc3c2c2ccccc2n3-c2ccc(-c3ccccc3)cc2)cc1. The van der Waals surface area contributed by atoms with Crippen molar-refractivity contribution < 1.29 is 14.2 Å². The minimum Gasteiger partial charge on any atom is -0.497 e. The molecule has 0 aliphatic carbocycles. The van der Waals surface area contributed by atoms with Crippen LogP contribution in [0.1, 0.15) is 11.1 Å². The molecule has 8 nitrogen and oxygen atoms in total. The topological polar surface area (TPSA) is 54.0 Å². The highest BCUT2D eigenvalue weighted by Gasteiger charge is 2.26. The van der Waals surface area contributed by atoms with Crippen LogP contribution in [-0.4, -0.2) is 25.9 Å². The second-order valence-corrected chi connectivity index (χ2v) is 29.8. The van der Waals surface area contributed by atoms with Crippen molar-refractivity contribution in [2.45, 2.75) is 13.5 Å². The lowest BCUT2D eigenvalue weighted by Gasteiger charge is -2.27. The fourth-order valence-corrected chi connectivity index (χ4v) is 17.0. The van der Waals surface area contributed by atoms with Gasteiger partial charge in [0, 0.05) is 83.5 Å². The maximum Gasteiger partial charge on any atom is 0.123 e. The molecule has 0 saturated heterocycles. The highest BCUT2D eigenvalue weighted by Crippen LogP contribution is 2.49. The van der Waals surface area contributed by atoms with Crippen molar-refractivity contribution >= 4 is 117 Å². The van der Waals surface area contributed by atoms with Gasteiger partial charge < -0.3 is 38.2 Å². The van der Waals surface area contributed by atoms with Gasteiger partial charge in [-0.05, 0) is 239 Å². The van der Waals surface area contributed by atoms with Crippen molar-refractivity contribution in [3.05, 3.63) is 466 Å². The molecule has 0 amide bonds. The van der Waals surface area contributed by atoms with Gasteiger partial charge in [-0.15, -0.1) is 0 Å². The molecule has 18 aromatic carbocycles. The third-order valence-corrected chi connectivity index (χ3v) is 22.5. The number of nitrogens with zero attached hydrogens (tertiary/aromatic N) is 6. The molecule has 3 heterocycles. The summed E-state index contributed by atoms with van der Waals surface area (Å²) in [6.45, 7) is 2.16. The van der Waals surface area contributed by atoms with Crippen LogP contribution in [0.4, 0.5) is 55.6 Å². The number of ether oxygens (including phenoxy) is 1. The first kappa shape index (κ1) is 74.6. The fourth-order valence-electron chi connectivity index (χ4n) is 17.0. The van der Waals surface area contributed by atoms with Crippen LogP contribution in [0.3, 0.4) is 0 Å². The molecule has 0 fully saturated rings. The van der Waals surface area contributed by atoms with Gasteiger partial charge in [-0.2, -0.15) is 0 Å². The highest BCUT2D eigenvalue weighted by atomic mass is 19.1. The molecule has 0 unspecified atom stereocenters. The van der Waals surface area contributed by atoms with Crippen molar-refractivity contribution in [3.63, 3.8) is 0 Å². The molecule has 0 aliphatic heterocycles. The number of benzene rings is 18. The Kier molecular flexibility index (Phi) is 20.7. The van der Waals surface area contributed by atoms with Crippen molar-refractivity contribution in [1.29, 1.82) is 0 Å². The second-order valence-electron chi connectivity index (χ2n) is 29.8. The zero-order valence-electron chi connectivity index (χ0n) is 66.3. The van der Waals surface area contributed by atoms with E-state index in [0.29, 0.717) is 0 Å². The summed E-state index contributed by atoms with van der Waals surface area (Å²) in [6.07, 6.45) is 0. The predicted octanol–water partition coefficient (Wildman–Crippen LogP) is 29.7. The van der Waals surface area contributed by atoms with Crippen LogP contribution in [0.2, 0.25) is 0 Å². The van der Waals surface area contributed by atoms with Crippen LogP contribution in [-0.2, 0) is 6.61 Å². The molecule has 21 aromatic rings. The third-order valence-electron chi connectivity index (χ3n) is 22.5. The Morgan fingerprint density at radius 1 is 0.258 bits per heavy atom. The molecule has 21 rings (SSSR count). The quantitative estimate of drug-likeness (QED) is 0.0985. The van der Waals surface area contributed by atoms with E-state index in [-0.39, 0.29) is 12.4 Å². The molecule has 0 bridgehead atoms. The Labute approximate surface area is 697 Å². The smallest absolute Gasteiger partial charge is 0.123 e. The Morgan fingerprint density at radius 2 is 0.533 bits per heavy atom. The summed E-state index contributed by atoms with van der Waals surface area (Å²) in [5, 5.41) is 16.8. The largest absolute Gasteiger partial charge is 0.497 e. The summed E-state index contributed by atoms with van der Waals surface area (Å²) in [6, 6.07) is 156. The maximum atomic E-state index is 13.9. The van der Waals surface area contributed by atoms with Crippen LogP contribution < -0.4 is 19.4 Å². The first-order chi connectivity index (χ1) is 59.3. The number of fused-ring (bicyclic) bond motifs is 9. The summed E-state index contributed by atoms with van der Waals surface area (Å²) in [5.74, 6) is 0.559. The van der Waals surface area contributed by atoms with Gasteiger partial charge in [0.25, 0.3) is 0 Å². The predicted molar refractivity (Wildman–Crippen MR) is 500 cm³/mol. The Morgan fingerprint density at radius 3 is 0.875 bits per heavy atom. The van der Waals surface area contributed by atoms with E-state index in [1.54, 1.807) is 7.11 Å². The number of hydrogen-bond donors (Lipinski definition) is 1. The molecule has 0 saturated carbocycles. The Bertz CT molecular complexity index is 7100. The molecule has 9 heteroatoms. The van der Waals surface area contributed by atoms with E-state index < -0.39 is 0 Å². The third kappa shape index (κ3) is 14.5. The average molecular weight is 1550 g/mol. The minimum absolute atomic E-state index is 0.00888. The van der Waals surface area contributed by atoms with E-state index in [4.69, 9.17) is 4.74 Å². The lowest BCUT2D eigenvalue weighted by atomic mass is 10.1. The van der Waals surface area contributed by atoms with E-state index in [1.165, 1.54) is 94.7 Å². The number of aromatic nitrogens is 3. The average Bonchev–Trinajstić information content (AvgIpc) is 1.59. The van der Waals surface area contributed by atoms with Gasteiger partial charge in [0.1, 0.15) is 11.6 Å². The van der Waals surface area contributed by atoms with Gasteiger partial charge in [-0.25, -0.2) is 4.39 Å². The van der Waals surface area contributed by atoms with Crippen LogP contribution in [0, 0.1) is 12.7 Å². The lowest BCUT2D eigenvalue weighted by molar-refractivity contribution is 0.282. The summed E-state index contributed by atoms with van der Waals surface area (Å²) in [5.41, 5.74) is 29.2. The number of methoxy groups -OCH3 is 1. The first-order valence-electron chi connectivity index (χ1n) is 40.5. The molecule has 0 atom stereocenters. The van der Waals surface area contributed by atoms with Crippen molar-refractivity contribution in [2.24, 2.45) is 0 Å². The molecule has 0 radical (unpaired) electrons. The Balaban J connectivity index is 0.000000119. The number of hydrogen-bond acceptors (Lipinski definition) is 5. The molecular weight excluding hydrogens is 1470 g/mol. The maximum absolute atomic E-state index is 13.9. The van der Waals surface area contributed by atoms with Crippen LogP contribution in [0.5, 0.6) is 5.75 Å². The van der Waals surface area contributed by atoms with Gasteiger partial charge in [-0.3, -0.25) is 0 Å². The number of aliphatic hydroxyl groups is 1. The normalized spacial score (nSPS) is 11.2. The van der Waals surface area contributed by atoms with Crippen LogP contribution in [0.15, 0.2) is 449 Å². The monoisotopic (exact) mass is 1550 g/mol. The molecule has 0 aliphatic rings. The molecule has 3 aromatic heterocycles. The lowest BCUT2D eigenvalue weighted by Crippen LogP contribution is -2.10. The highest BCUT2D eigenvalue weighted by molar-refractivity contribution is 6.19. The van der Waals surface area contributed by atoms with Crippen molar-refractivity contribution in [3.8, 4) is 56.2 Å². The molecule has 576 valence electrons. The van der Waals surface area contributed by atoms with E-state index >= 15 is 0 Å². The summed E-state index contributed by atoms with van der Waals surface area (Å²) >= 11 is 0. The van der Waals surface area contributed by atoms with E-state index in [0.717, 1.165) is 101 Å². The number of para-hydroxylation sites is 5. The van der Waals surface area contributed by atoms with Gasteiger partial charge in [0.15, 0.2) is 0 Å². The minimum atomic E-state index is -0.250. The number of anilines is 9. The van der Waals surface area contributed by atoms with Gasteiger partial charge in [0.2, 0.25) is 0 Å². The fraction of sp³-hybridized carbons (Fsp3) is 0.0270. The number of rotatable bonds is 17.